The second-order valence-corrected chi connectivity index (χ2v) is 8.51. The highest BCUT2D eigenvalue weighted by atomic mass is 19.1. The first-order valence-corrected chi connectivity index (χ1v) is 11.7. The number of aryl methyl sites for hydroxylation is 1. The van der Waals surface area contributed by atoms with Crippen molar-refractivity contribution in [3.05, 3.63) is 52.9 Å². The largest absolute Gasteiger partial charge is 0.494 e. The molecular weight excluding hydrogens is 489 g/mol. The summed E-state index contributed by atoms with van der Waals surface area (Å²) in [7, 11) is 1.37. The number of aliphatic hydroxyl groups is 1. The summed E-state index contributed by atoms with van der Waals surface area (Å²) in [6.07, 6.45) is -0.698. The van der Waals surface area contributed by atoms with E-state index in [0.29, 0.717) is 29.2 Å². The van der Waals surface area contributed by atoms with Crippen molar-refractivity contribution in [2.24, 2.45) is 5.16 Å². The molecular formula is C24H28FN5O7. The van der Waals surface area contributed by atoms with E-state index in [1.54, 1.807) is 13.0 Å². The molecule has 12 nitrogen and oxygen atoms in total. The number of rotatable bonds is 9. The number of nitrogens with one attached hydrogen (secondary N) is 2. The number of aliphatic hydroxyl groups excluding tert-OH is 1. The van der Waals surface area contributed by atoms with Gasteiger partial charge in [-0.1, -0.05) is 11.2 Å². The van der Waals surface area contributed by atoms with Crippen LogP contribution in [0.3, 0.4) is 0 Å². The SMILES string of the molecule is COc1cc(CNC(=O)c2cc(C3=NO[C@H]([C@H]4CO[C@H](CNC(=O)CO)CO4)C3)nc(C)n2)ccc1F. The van der Waals surface area contributed by atoms with Crippen LogP contribution in [0.15, 0.2) is 29.4 Å². The topological polar surface area (TPSA) is 153 Å². The Kier molecular flexibility index (Phi) is 8.58. The van der Waals surface area contributed by atoms with Crippen LogP contribution in [0.25, 0.3) is 0 Å². The number of hydrogen-bond acceptors (Lipinski definition) is 10. The predicted octanol–water partition coefficient (Wildman–Crippen LogP) is 0.248. The smallest absolute Gasteiger partial charge is 0.270 e. The van der Waals surface area contributed by atoms with Crippen molar-refractivity contribution in [3.8, 4) is 5.75 Å². The third-order valence-corrected chi connectivity index (χ3v) is 5.81. The molecule has 2 aromatic rings. The first kappa shape index (κ1) is 26.4. The van der Waals surface area contributed by atoms with E-state index < -0.39 is 30.3 Å². The summed E-state index contributed by atoms with van der Waals surface area (Å²) in [5.74, 6) is -0.899. The van der Waals surface area contributed by atoms with Crippen LogP contribution >= 0.6 is 0 Å². The van der Waals surface area contributed by atoms with E-state index in [-0.39, 0.29) is 50.0 Å². The maximum atomic E-state index is 13.6. The minimum Gasteiger partial charge on any atom is -0.494 e. The quantitative estimate of drug-likeness (QED) is 0.425. The summed E-state index contributed by atoms with van der Waals surface area (Å²) in [4.78, 5) is 38.1. The Hall–Kier alpha value is -3.68. The van der Waals surface area contributed by atoms with Gasteiger partial charge in [0.1, 0.15) is 29.9 Å². The van der Waals surface area contributed by atoms with Gasteiger partial charge in [-0.2, -0.15) is 0 Å². The maximum absolute atomic E-state index is 13.6. The number of benzene rings is 1. The fourth-order valence-electron chi connectivity index (χ4n) is 3.84. The van der Waals surface area contributed by atoms with Crippen LogP contribution in [-0.2, 0) is 25.7 Å². The average Bonchev–Trinajstić information content (AvgIpc) is 3.41. The molecule has 1 saturated heterocycles. The number of nitrogens with zero attached hydrogens (tertiary/aromatic N) is 3. The molecule has 2 amide bonds. The van der Waals surface area contributed by atoms with Crippen LogP contribution in [0.1, 0.15) is 34.0 Å². The fraction of sp³-hybridized carbons (Fsp3) is 0.458. The molecule has 4 rings (SSSR count). The highest BCUT2D eigenvalue weighted by Crippen LogP contribution is 2.23. The molecule has 3 heterocycles. The van der Waals surface area contributed by atoms with Gasteiger partial charge >= 0.3 is 0 Å². The minimum atomic E-state index is -0.582. The van der Waals surface area contributed by atoms with Crippen LogP contribution in [0, 0.1) is 12.7 Å². The molecule has 13 heteroatoms. The molecule has 1 fully saturated rings. The van der Waals surface area contributed by atoms with E-state index in [1.807, 2.05) is 0 Å². The zero-order chi connectivity index (χ0) is 26.4. The minimum absolute atomic E-state index is 0.0945. The molecule has 2 aliphatic rings. The fourth-order valence-corrected chi connectivity index (χ4v) is 3.84. The lowest BCUT2D eigenvalue weighted by Crippen LogP contribution is -2.47. The number of aromatic nitrogens is 2. The highest BCUT2D eigenvalue weighted by Gasteiger charge is 2.35. The van der Waals surface area contributed by atoms with Gasteiger partial charge < -0.3 is 34.8 Å². The van der Waals surface area contributed by atoms with Crippen molar-refractivity contribution < 1.29 is 38.1 Å². The van der Waals surface area contributed by atoms with Crippen molar-refractivity contribution >= 4 is 17.5 Å². The second kappa shape index (κ2) is 12.0. The standard InChI is InChI=1S/C24H28FN5O7/c1-13-28-17(6-19(29-13)24(33)27-8-14-3-4-16(25)20(5-14)34-2)18-7-21(37-30-18)22-12-35-15(11-36-22)9-26-23(32)10-31/h3-6,15,21-22,31H,7-12H2,1-2H3,(H,26,32)(H,27,33)/t15-,21+,22-/m1/s1. The maximum Gasteiger partial charge on any atom is 0.270 e. The number of hydrogen-bond donors (Lipinski definition) is 3. The third-order valence-electron chi connectivity index (χ3n) is 5.81. The molecule has 0 unspecified atom stereocenters. The van der Waals surface area contributed by atoms with Crippen molar-refractivity contribution in [1.29, 1.82) is 0 Å². The van der Waals surface area contributed by atoms with Gasteiger partial charge in [0, 0.05) is 19.5 Å². The van der Waals surface area contributed by atoms with E-state index in [0.717, 1.165) is 0 Å². The number of halogens is 1. The zero-order valence-corrected chi connectivity index (χ0v) is 20.4. The summed E-state index contributed by atoms with van der Waals surface area (Å²) < 4.78 is 30.2. The average molecular weight is 518 g/mol. The number of carbonyl (C=O) groups is 2. The third kappa shape index (κ3) is 6.76. The highest BCUT2D eigenvalue weighted by molar-refractivity contribution is 6.02. The number of carbonyl (C=O) groups excluding carboxylic acids is 2. The van der Waals surface area contributed by atoms with E-state index >= 15 is 0 Å². The molecule has 198 valence electrons. The van der Waals surface area contributed by atoms with Gasteiger partial charge in [0.05, 0.1) is 32.1 Å². The summed E-state index contributed by atoms with van der Waals surface area (Å²) >= 11 is 0. The van der Waals surface area contributed by atoms with Gasteiger partial charge in [0.25, 0.3) is 5.91 Å². The lowest BCUT2D eigenvalue weighted by Gasteiger charge is -2.31. The first-order chi connectivity index (χ1) is 17.9. The van der Waals surface area contributed by atoms with Crippen LogP contribution in [-0.4, -0.2) is 84.4 Å². The monoisotopic (exact) mass is 517 g/mol. The molecule has 37 heavy (non-hydrogen) atoms. The zero-order valence-electron chi connectivity index (χ0n) is 20.4. The van der Waals surface area contributed by atoms with Crippen LogP contribution < -0.4 is 15.4 Å². The number of oxime groups is 1. The van der Waals surface area contributed by atoms with Crippen LogP contribution in [0.4, 0.5) is 4.39 Å². The van der Waals surface area contributed by atoms with Crippen molar-refractivity contribution in [3.63, 3.8) is 0 Å². The van der Waals surface area contributed by atoms with Gasteiger partial charge in [-0.3, -0.25) is 9.59 Å². The molecule has 1 aromatic heterocycles. The Labute approximate surface area is 212 Å². The molecule has 0 saturated carbocycles. The van der Waals surface area contributed by atoms with Crippen LogP contribution in [0.5, 0.6) is 5.75 Å². The van der Waals surface area contributed by atoms with Crippen LogP contribution in [0.2, 0.25) is 0 Å². The van der Waals surface area contributed by atoms with E-state index in [9.17, 15) is 14.0 Å². The summed E-state index contributed by atoms with van der Waals surface area (Å²) in [5, 5.41) is 18.2. The normalized spacial score (nSPS) is 21.1. The van der Waals surface area contributed by atoms with Gasteiger partial charge in [-0.25, -0.2) is 14.4 Å². The molecule has 0 aliphatic carbocycles. The molecule has 3 atom stereocenters. The Morgan fingerprint density at radius 3 is 2.73 bits per heavy atom. The number of methoxy groups -OCH3 is 1. The molecule has 0 bridgehead atoms. The molecule has 0 radical (unpaired) electrons. The van der Waals surface area contributed by atoms with Gasteiger partial charge in [0.2, 0.25) is 5.91 Å². The first-order valence-electron chi connectivity index (χ1n) is 11.7. The van der Waals surface area contributed by atoms with E-state index in [1.165, 1.54) is 25.3 Å². The Balaban J connectivity index is 1.32. The van der Waals surface area contributed by atoms with Gasteiger partial charge in [-0.15, -0.1) is 0 Å². The Morgan fingerprint density at radius 1 is 1.16 bits per heavy atom. The summed E-state index contributed by atoms with van der Waals surface area (Å²) in [6, 6.07) is 5.89. The van der Waals surface area contributed by atoms with Gasteiger partial charge in [0.15, 0.2) is 17.7 Å². The predicted molar refractivity (Wildman–Crippen MR) is 126 cm³/mol. The molecule has 3 N–H and O–H groups in total. The second-order valence-electron chi connectivity index (χ2n) is 8.51. The van der Waals surface area contributed by atoms with E-state index in [2.05, 4.69) is 25.8 Å². The molecule has 0 spiro atoms. The summed E-state index contributed by atoms with van der Waals surface area (Å²) in [6.45, 7) is 1.98. The lowest BCUT2D eigenvalue weighted by atomic mass is 10.0. The summed E-state index contributed by atoms with van der Waals surface area (Å²) in [5.41, 5.74) is 1.84. The lowest BCUT2D eigenvalue weighted by molar-refractivity contribution is -0.170. The Morgan fingerprint density at radius 2 is 2.00 bits per heavy atom. The Bertz CT molecular complexity index is 1170. The molecule has 2 aliphatic heterocycles. The number of amides is 2. The van der Waals surface area contributed by atoms with Crippen molar-refractivity contribution in [1.82, 2.24) is 20.6 Å². The van der Waals surface area contributed by atoms with Crippen molar-refractivity contribution in [2.45, 2.75) is 38.2 Å². The van der Waals surface area contributed by atoms with Crippen molar-refractivity contribution in [2.75, 3.05) is 33.5 Å². The van der Waals surface area contributed by atoms with Gasteiger partial charge in [-0.05, 0) is 30.7 Å². The molecule has 1 aromatic carbocycles. The van der Waals surface area contributed by atoms with E-state index in [4.69, 9.17) is 24.2 Å². The number of ether oxygens (including phenoxy) is 3.